The monoisotopic (exact) mass is 826 g/mol. The van der Waals surface area contributed by atoms with Crippen LogP contribution in [0.25, 0.3) is 0 Å². The SMILES string of the molecule is CCC/C=C\C/C=C\CCCCCCCCOCC(COP(=O)(O)OCC(N)C(=O)O)OC(=O)CCCCCCCCCCC/C=C\C/C=C\CCCCCCC. The smallest absolute Gasteiger partial charge is 0.472 e. The van der Waals surface area contributed by atoms with Crippen LogP contribution in [0.1, 0.15) is 194 Å². The normalized spacial score (nSPS) is 14.3. The predicted molar refractivity (Wildman–Crippen MR) is 235 cm³/mol. The maximum atomic E-state index is 12.6. The van der Waals surface area contributed by atoms with Crippen LogP contribution in [0.3, 0.4) is 0 Å². The first-order valence-electron chi connectivity index (χ1n) is 22.7. The van der Waals surface area contributed by atoms with Crippen LogP contribution < -0.4 is 5.73 Å². The summed E-state index contributed by atoms with van der Waals surface area (Å²) < 4.78 is 33.4. The molecule has 0 saturated carbocycles. The van der Waals surface area contributed by atoms with Gasteiger partial charge in [0.15, 0.2) is 0 Å². The van der Waals surface area contributed by atoms with Crippen molar-refractivity contribution in [2.75, 3.05) is 26.4 Å². The van der Waals surface area contributed by atoms with Gasteiger partial charge in [-0.1, -0.05) is 165 Å². The molecule has 11 heteroatoms. The lowest BCUT2D eigenvalue weighted by Gasteiger charge is -2.20. The number of allylic oxidation sites excluding steroid dienone is 8. The average molecular weight is 826 g/mol. The minimum atomic E-state index is -4.62. The number of hydrogen-bond donors (Lipinski definition) is 3. The number of nitrogens with two attached hydrogens (primary N) is 1. The molecule has 0 aromatic rings. The lowest BCUT2D eigenvalue weighted by atomic mass is 10.1. The van der Waals surface area contributed by atoms with Crippen molar-refractivity contribution in [1.82, 2.24) is 0 Å². The first-order chi connectivity index (χ1) is 27.7. The number of carboxylic acids is 1. The van der Waals surface area contributed by atoms with E-state index in [0.717, 1.165) is 70.6 Å². The topological polar surface area (TPSA) is 155 Å². The molecule has 10 nitrogen and oxygen atoms in total. The lowest BCUT2D eigenvalue weighted by molar-refractivity contribution is -0.154. The molecule has 0 amide bonds. The summed E-state index contributed by atoms with van der Waals surface area (Å²) in [6.45, 7) is 3.78. The zero-order valence-corrected chi connectivity index (χ0v) is 37.1. The average Bonchev–Trinajstić information content (AvgIpc) is 3.19. The third kappa shape index (κ3) is 41.9. The molecule has 0 aliphatic rings. The van der Waals surface area contributed by atoms with Gasteiger partial charge in [-0.05, 0) is 70.6 Å². The molecular weight excluding hydrogens is 741 g/mol. The van der Waals surface area contributed by atoms with Gasteiger partial charge in [-0.2, -0.15) is 0 Å². The Bertz CT molecular complexity index is 1090. The molecule has 4 N–H and O–H groups in total. The van der Waals surface area contributed by atoms with Crippen molar-refractivity contribution in [3.8, 4) is 0 Å². The maximum absolute atomic E-state index is 12.6. The Morgan fingerprint density at radius 2 is 1.00 bits per heavy atom. The van der Waals surface area contributed by atoms with E-state index in [0.29, 0.717) is 13.0 Å². The molecule has 57 heavy (non-hydrogen) atoms. The van der Waals surface area contributed by atoms with Crippen molar-refractivity contribution in [3.05, 3.63) is 48.6 Å². The molecule has 0 radical (unpaired) electrons. The maximum Gasteiger partial charge on any atom is 0.472 e. The van der Waals surface area contributed by atoms with Crippen molar-refractivity contribution >= 4 is 19.8 Å². The molecule has 0 fully saturated rings. The van der Waals surface area contributed by atoms with Crippen LogP contribution >= 0.6 is 7.82 Å². The number of carbonyl (C=O) groups excluding carboxylic acids is 1. The standard InChI is InChI=1S/C46H84NO9P/c1-3-5-7-9-11-13-15-17-19-20-21-22-23-24-25-26-28-30-32-34-36-38-45(48)56-43(41-54-57(51,52)55-42-44(47)46(49)50)40-53-39-37-35-33-31-29-27-18-16-14-12-10-8-6-4-2/h8,10,14-17,20-21,43-44H,3-7,9,11-13,18-19,22-42,47H2,1-2H3,(H,49,50)(H,51,52)/b10-8-,16-14-,17-15-,21-20-. The molecule has 0 aliphatic carbocycles. The number of ether oxygens (including phenoxy) is 2. The summed E-state index contributed by atoms with van der Waals surface area (Å²) in [6.07, 6.45) is 48.7. The van der Waals surface area contributed by atoms with E-state index < -0.39 is 45.1 Å². The molecule has 0 bridgehead atoms. The highest BCUT2D eigenvalue weighted by Gasteiger charge is 2.27. The summed E-state index contributed by atoms with van der Waals surface area (Å²) in [5.74, 6) is -1.79. The van der Waals surface area contributed by atoms with Crippen LogP contribution in [0.4, 0.5) is 0 Å². The Morgan fingerprint density at radius 1 is 0.561 bits per heavy atom. The molecule has 0 heterocycles. The Morgan fingerprint density at radius 3 is 1.49 bits per heavy atom. The van der Waals surface area contributed by atoms with Crippen LogP contribution in [-0.2, 0) is 32.7 Å². The Balaban J connectivity index is 4.21. The fourth-order valence-electron chi connectivity index (χ4n) is 6.02. The number of rotatable bonds is 43. The first kappa shape index (κ1) is 54.9. The highest BCUT2D eigenvalue weighted by atomic mass is 31.2. The molecule has 332 valence electrons. The van der Waals surface area contributed by atoms with Gasteiger partial charge in [0.1, 0.15) is 12.1 Å². The van der Waals surface area contributed by atoms with Crippen LogP contribution in [0.5, 0.6) is 0 Å². The van der Waals surface area contributed by atoms with Crippen LogP contribution in [0.2, 0.25) is 0 Å². The summed E-state index contributed by atoms with van der Waals surface area (Å²) >= 11 is 0. The van der Waals surface area contributed by atoms with Gasteiger partial charge in [0.05, 0.1) is 19.8 Å². The lowest BCUT2D eigenvalue weighted by Crippen LogP contribution is -2.34. The van der Waals surface area contributed by atoms with Gasteiger partial charge in [-0.3, -0.25) is 18.6 Å². The minimum Gasteiger partial charge on any atom is -0.480 e. The number of hydrogen-bond acceptors (Lipinski definition) is 8. The largest absolute Gasteiger partial charge is 0.480 e. The number of aliphatic carboxylic acids is 1. The van der Waals surface area contributed by atoms with Gasteiger partial charge in [0, 0.05) is 13.0 Å². The molecule has 0 saturated heterocycles. The summed E-state index contributed by atoms with van der Waals surface area (Å²) in [5, 5.41) is 8.90. The number of esters is 1. The van der Waals surface area contributed by atoms with E-state index in [1.807, 2.05) is 0 Å². The van der Waals surface area contributed by atoms with Crippen LogP contribution in [-0.4, -0.2) is 60.5 Å². The second kappa shape index (κ2) is 42.1. The van der Waals surface area contributed by atoms with Gasteiger partial charge in [-0.15, -0.1) is 0 Å². The zero-order chi connectivity index (χ0) is 41.9. The van der Waals surface area contributed by atoms with Crippen molar-refractivity contribution in [2.24, 2.45) is 5.73 Å². The second-order valence-electron chi connectivity index (χ2n) is 15.2. The highest BCUT2D eigenvalue weighted by Crippen LogP contribution is 2.43. The fraction of sp³-hybridized carbons (Fsp3) is 0.783. The quantitative estimate of drug-likeness (QED) is 0.0234. The molecule has 0 spiro atoms. The molecular formula is C46H84NO9P. The third-order valence-corrected chi connectivity index (χ3v) is 10.5. The summed E-state index contributed by atoms with van der Waals surface area (Å²) in [4.78, 5) is 33.6. The first-order valence-corrected chi connectivity index (χ1v) is 24.2. The van der Waals surface area contributed by atoms with E-state index in [2.05, 4.69) is 62.5 Å². The number of carboxylic acid groups (broad SMARTS) is 1. The van der Waals surface area contributed by atoms with E-state index in [1.54, 1.807) is 0 Å². The van der Waals surface area contributed by atoms with Gasteiger partial charge < -0.3 is 25.2 Å². The summed E-state index contributed by atoms with van der Waals surface area (Å²) in [5.41, 5.74) is 5.36. The van der Waals surface area contributed by atoms with Crippen LogP contribution in [0, 0.1) is 0 Å². The van der Waals surface area contributed by atoms with E-state index in [4.69, 9.17) is 29.4 Å². The van der Waals surface area contributed by atoms with Crippen molar-refractivity contribution in [1.29, 1.82) is 0 Å². The molecule has 0 aromatic carbocycles. The van der Waals surface area contributed by atoms with Crippen LogP contribution in [0.15, 0.2) is 48.6 Å². The van der Waals surface area contributed by atoms with E-state index in [-0.39, 0.29) is 13.0 Å². The summed E-state index contributed by atoms with van der Waals surface area (Å²) in [6, 6.07) is -1.48. The molecule has 3 atom stereocenters. The minimum absolute atomic E-state index is 0.00723. The summed E-state index contributed by atoms with van der Waals surface area (Å²) in [7, 11) is -4.62. The second-order valence-corrected chi connectivity index (χ2v) is 16.6. The Hall–Kier alpha value is -2.07. The van der Waals surface area contributed by atoms with Crippen molar-refractivity contribution in [3.63, 3.8) is 0 Å². The third-order valence-electron chi connectivity index (χ3n) is 9.56. The Labute approximate surface area is 348 Å². The Kier molecular flexibility index (Phi) is 40.5. The van der Waals surface area contributed by atoms with E-state index >= 15 is 0 Å². The van der Waals surface area contributed by atoms with Gasteiger partial charge in [0.2, 0.25) is 0 Å². The van der Waals surface area contributed by atoms with Crippen molar-refractivity contribution in [2.45, 2.75) is 206 Å². The van der Waals surface area contributed by atoms with E-state index in [9.17, 15) is 19.0 Å². The number of phosphoric ester groups is 1. The number of unbranched alkanes of at least 4 members (excludes halogenated alkanes) is 21. The molecule has 3 unspecified atom stereocenters. The molecule has 0 rings (SSSR count). The highest BCUT2D eigenvalue weighted by molar-refractivity contribution is 7.47. The van der Waals surface area contributed by atoms with Gasteiger partial charge in [-0.25, -0.2) is 4.57 Å². The molecule has 0 aliphatic heterocycles. The number of carbonyl (C=O) groups is 2. The zero-order valence-electron chi connectivity index (χ0n) is 36.2. The predicted octanol–water partition coefficient (Wildman–Crippen LogP) is 12.6. The fourth-order valence-corrected chi connectivity index (χ4v) is 6.80. The molecule has 0 aromatic heterocycles. The van der Waals surface area contributed by atoms with Gasteiger partial charge >= 0.3 is 19.8 Å². The number of phosphoric acid groups is 1. The van der Waals surface area contributed by atoms with E-state index in [1.165, 1.54) is 96.3 Å². The van der Waals surface area contributed by atoms with Crippen molar-refractivity contribution < 1.29 is 42.7 Å². The van der Waals surface area contributed by atoms with Gasteiger partial charge in [0.25, 0.3) is 0 Å².